The van der Waals surface area contributed by atoms with Crippen LogP contribution in [0.1, 0.15) is 13.8 Å². The van der Waals surface area contributed by atoms with Gasteiger partial charge in [0.1, 0.15) is 18.0 Å². The van der Waals surface area contributed by atoms with Crippen LogP contribution in [0.5, 0.6) is 5.75 Å². The Labute approximate surface area is 128 Å². The zero-order valence-electron chi connectivity index (χ0n) is 11.4. The third kappa shape index (κ3) is 4.11. The average Bonchev–Trinajstić information content (AvgIpc) is 2.39. The highest BCUT2D eigenvalue weighted by molar-refractivity contribution is 9.10. The molecule has 0 saturated carbocycles. The molecule has 21 heavy (non-hydrogen) atoms. The van der Waals surface area contributed by atoms with E-state index in [4.69, 9.17) is 9.84 Å². The molecule has 0 spiro atoms. The van der Waals surface area contributed by atoms with Crippen molar-refractivity contribution < 1.29 is 24.0 Å². The maximum Gasteiger partial charge on any atom is 0.327 e. The lowest BCUT2D eigenvalue weighted by atomic mass is 10.0. The Morgan fingerprint density at radius 2 is 2.24 bits per heavy atom. The summed E-state index contributed by atoms with van der Waals surface area (Å²) in [6.07, 6.45) is 0. The van der Waals surface area contributed by atoms with Gasteiger partial charge in [-0.05, 0) is 29.4 Å². The minimum absolute atomic E-state index is 0.0748. The molecular formula is C12H14BrFN2O5. The zero-order chi connectivity index (χ0) is 16.2. The van der Waals surface area contributed by atoms with Crippen molar-refractivity contribution in [2.75, 3.05) is 13.2 Å². The molecule has 0 aliphatic rings. The van der Waals surface area contributed by atoms with Gasteiger partial charge in [-0.25, -0.2) is 4.39 Å². The van der Waals surface area contributed by atoms with Crippen molar-refractivity contribution in [1.29, 1.82) is 0 Å². The van der Waals surface area contributed by atoms with E-state index < -0.39 is 34.5 Å². The lowest BCUT2D eigenvalue weighted by molar-refractivity contribution is -0.386. The van der Waals surface area contributed by atoms with Crippen LogP contribution in [0.15, 0.2) is 16.6 Å². The second kappa shape index (κ2) is 6.81. The molecule has 0 aliphatic carbocycles. The summed E-state index contributed by atoms with van der Waals surface area (Å²) in [6.45, 7) is 3.06. The third-order valence-corrected chi connectivity index (χ3v) is 3.36. The number of benzene rings is 1. The quantitative estimate of drug-likeness (QED) is 0.568. The number of nitro groups is 1. The van der Waals surface area contributed by atoms with E-state index in [9.17, 15) is 19.3 Å². The Morgan fingerprint density at radius 3 is 2.71 bits per heavy atom. The Morgan fingerprint density at radius 1 is 1.62 bits per heavy atom. The summed E-state index contributed by atoms with van der Waals surface area (Å²) in [7, 11) is 0. The SMILES string of the molecule is CCNC(C)(COc1cc(F)c(Br)cc1[N+](=O)[O-])C(=O)O. The number of aliphatic carboxylic acids is 1. The largest absolute Gasteiger partial charge is 0.484 e. The fraction of sp³-hybridized carbons (Fsp3) is 0.417. The van der Waals surface area contributed by atoms with Crippen molar-refractivity contribution in [2.24, 2.45) is 0 Å². The van der Waals surface area contributed by atoms with E-state index >= 15 is 0 Å². The van der Waals surface area contributed by atoms with Crippen LogP contribution >= 0.6 is 15.9 Å². The van der Waals surface area contributed by atoms with E-state index in [1.165, 1.54) is 6.92 Å². The Kier molecular flexibility index (Phi) is 5.62. The molecular weight excluding hydrogens is 351 g/mol. The molecule has 0 bridgehead atoms. The number of hydrogen-bond acceptors (Lipinski definition) is 5. The van der Waals surface area contributed by atoms with Gasteiger partial charge in [-0.2, -0.15) is 0 Å². The molecule has 0 aromatic heterocycles. The summed E-state index contributed by atoms with van der Waals surface area (Å²) in [5, 5.41) is 22.8. The van der Waals surface area contributed by atoms with Crippen LogP contribution in [0.3, 0.4) is 0 Å². The zero-order valence-corrected chi connectivity index (χ0v) is 12.9. The molecule has 1 unspecified atom stereocenters. The summed E-state index contributed by atoms with van der Waals surface area (Å²) in [5.74, 6) is -2.24. The van der Waals surface area contributed by atoms with Gasteiger partial charge in [-0.15, -0.1) is 0 Å². The first-order valence-corrected chi connectivity index (χ1v) is 6.75. The number of rotatable bonds is 7. The maximum absolute atomic E-state index is 13.5. The van der Waals surface area contributed by atoms with E-state index in [2.05, 4.69) is 21.2 Å². The minimum atomic E-state index is -1.44. The second-order valence-electron chi connectivity index (χ2n) is 4.45. The van der Waals surface area contributed by atoms with Gasteiger partial charge in [0.15, 0.2) is 5.75 Å². The Hall–Kier alpha value is -1.74. The number of likely N-dealkylation sites (N-methyl/N-ethyl adjacent to an activating group) is 1. The summed E-state index contributed by atoms with van der Waals surface area (Å²) in [4.78, 5) is 21.4. The van der Waals surface area contributed by atoms with Crippen LogP contribution in [0.4, 0.5) is 10.1 Å². The Balaban J connectivity index is 3.05. The molecule has 0 amide bonds. The normalized spacial score (nSPS) is 13.5. The first-order chi connectivity index (χ1) is 9.71. The number of nitrogens with zero attached hydrogens (tertiary/aromatic N) is 1. The van der Waals surface area contributed by atoms with Crippen LogP contribution in [0.25, 0.3) is 0 Å². The van der Waals surface area contributed by atoms with E-state index in [0.29, 0.717) is 6.54 Å². The van der Waals surface area contributed by atoms with Gasteiger partial charge in [0.2, 0.25) is 0 Å². The molecule has 9 heteroatoms. The predicted molar refractivity (Wildman–Crippen MR) is 76.0 cm³/mol. The van der Waals surface area contributed by atoms with Crippen molar-refractivity contribution >= 4 is 27.6 Å². The predicted octanol–water partition coefficient (Wildman–Crippen LogP) is 2.33. The van der Waals surface area contributed by atoms with Crippen LogP contribution in [-0.2, 0) is 4.79 Å². The summed E-state index contributed by atoms with van der Waals surface area (Å²) in [5.41, 5.74) is -1.89. The second-order valence-corrected chi connectivity index (χ2v) is 5.30. The monoisotopic (exact) mass is 364 g/mol. The van der Waals surface area contributed by atoms with E-state index in [0.717, 1.165) is 12.1 Å². The van der Waals surface area contributed by atoms with Crippen LogP contribution in [0.2, 0.25) is 0 Å². The van der Waals surface area contributed by atoms with Crippen molar-refractivity contribution in [3.63, 3.8) is 0 Å². The van der Waals surface area contributed by atoms with Crippen LogP contribution in [-0.4, -0.2) is 34.7 Å². The molecule has 1 aromatic carbocycles. The molecule has 0 aliphatic heterocycles. The molecule has 1 atom stereocenters. The number of carboxylic acid groups (broad SMARTS) is 1. The van der Waals surface area contributed by atoms with Gasteiger partial charge in [0, 0.05) is 12.1 Å². The number of halogens is 2. The number of carboxylic acids is 1. The number of carbonyl (C=O) groups is 1. The molecule has 1 rings (SSSR count). The van der Waals surface area contributed by atoms with Gasteiger partial charge in [-0.3, -0.25) is 20.2 Å². The van der Waals surface area contributed by atoms with Gasteiger partial charge < -0.3 is 9.84 Å². The highest BCUT2D eigenvalue weighted by Gasteiger charge is 2.34. The van der Waals surface area contributed by atoms with Crippen LogP contribution in [0, 0.1) is 15.9 Å². The van der Waals surface area contributed by atoms with E-state index in [1.54, 1.807) is 6.92 Å². The van der Waals surface area contributed by atoms with Gasteiger partial charge in [0.25, 0.3) is 0 Å². The lowest BCUT2D eigenvalue weighted by Gasteiger charge is -2.25. The van der Waals surface area contributed by atoms with E-state index in [-0.39, 0.29) is 10.2 Å². The standard InChI is InChI=1S/C12H14BrFN2O5/c1-3-15-12(2,11(17)18)6-21-10-5-8(14)7(13)4-9(10)16(19)20/h4-5,15H,3,6H2,1-2H3,(H,17,18). The number of nitro benzene ring substituents is 1. The average molecular weight is 365 g/mol. The van der Waals surface area contributed by atoms with Gasteiger partial charge in [0.05, 0.1) is 9.40 Å². The van der Waals surface area contributed by atoms with Gasteiger partial charge in [-0.1, -0.05) is 6.92 Å². The lowest BCUT2D eigenvalue weighted by Crippen LogP contribution is -2.53. The molecule has 0 fully saturated rings. The summed E-state index contributed by atoms with van der Waals surface area (Å²) in [6, 6.07) is 1.81. The molecule has 116 valence electrons. The topological polar surface area (TPSA) is 102 Å². The number of hydrogen-bond donors (Lipinski definition) is 2. The maximum atomic E-state index is 13.5. The van der Waals surface area contributed by atoms with E-state index in [1.807, 2.05) is 0 Å². The smallest absolute Gasteiger partial charge is 0.327 e. The Bertz CT molecular complexity index is 569. The van der Waals surface area contributed by atoms with Gasteiger partial charge >= 0.3 is 11.7 Å². The first-order valence-electron chi connectivity index (χ1n) is 5.96. The summed E-state index contributed by atoms with van der Waals surface area (Å²) < 4.78 is 18.6. The third-order valence-electron chi connectivity index (χ3n) is 2.75. The first kappa shape index (κ1) is 17.3. The summed E-state index contributed by atoms with van der Waals surface area (Å²) >= 11 is 2.85. The molecule has 2 N–H and O–H groups in total. The molecule has 0 heterocycles. The molecule has 7 nitrogen and oxygen atoms in total. The fourth-order valence-electron chi connectivity index (χ4n) is 1.58. The van der Waals surface area contributed by atoms with Crippen molar-refractivity contribution in [2.45, 2.75) is 19.4 Å². The number of nitrogens with one attached hydrogen (secondary N) is 1. The minimum Gasteiger partial charge on any atom is -0.484 e. The molecule has 1 aromatic rings. The fourth-order valence-corrected chi connectivity index (χ4v) is 1.91. The molecule has 0 radical (unpaired) electrons. The van der Waals surface area contributed by atoms with Crippen molar-refractivity contribution in [3.05, 3.63) is 32.5 Å². The van der Waals surface area contributed by atoms with Crippen LogP contribution < -0.4 is 10.1 Å². The van der Waals surface area contributed by atoms with Crippen molar-refractivity contribution in [1.82, 2.24) is 5.32 Å². The highest BCUT2D eigenvalue weighted by atomic mass is 79.9. The number of ether oxygens (including phenoxy) is 1. The molecule has 0 saturated heterocycles. The highest BCUT2D eigenvalue weighted by Crippen LogP contribution is 2.32. The van der Waals surface area contributed by atoms with Crippen molar-refractivity contribution in [3.8, 4) is 5.75 Å².